The highest BCUT2D eigenvalue weighted by Gasteiger charge is 2.31. The van der Waals surface area contributed by atoms with Crippen molar-refractivity contribution in [3.63, 3.8) is 0 Å². The minimum atomic E-state index is -4.57. The summed E-state index contributed by atoms with van der Waals surface area (Å²) in [7, 11) is 1.61. The van der Waals surface area contributed by atoms with Gasteiger partial charge in [-0.1, -0.05) is 24.8 Å². The van der Waals surface area contributed by atoms with Gasteiger partial charge in [-0.05, 0) is 67.1 Å². The molecule has 0 saturated heterocycles. The van der Waals surface area contributed by atoms with Crippen molar-refractivity contribution in [3.05, 3.63) is 96.1 Å². The van der Waals surface area contributed by atoms with E-state index in [1.807, 2.05) is 25.1 Å². The first-order chi connectivity index (χ1) is 16.6. The number of carbonyl (C=O) groups excluding carboxylic acids is 2. The molecule has 0 spiro atoms. The smallest absolute Gasteiger partial charge is 0.312 e. The van der Waals surface area contributed by atoms with Crippen LogP contribution < -0.4 is 10.2 Å². The van der Waals surface area contributed by atoms with Crippen LogP contribution in [-0.2, 0) is 11.0 Å². The zero-order chi connectivity index (χ0) is 25.3. The Kier molecular flexibility index (Phi) is 6.17. The predicted molar refractivity (Wildman–Crippen MR) is 129 cm³/mol. The number of halogens is 3. The average Bonchev–Trinajstić information content (AvgIpc) is 3.19. The summed E-state index contributed by atoms with van der Waals surface area (Å²) in [5.41, 5.74) is 2.31. The minimum absolute atomic E-state index is 0.128. The Balaban J connectivity index is 1.80. The number of rotatable bonds is 5. The average molecular weight is 478 g/mol. The highest BCUT2D eigenvalue weighted by atomic mass is 19.4. The number of benzene rings is 3. The Labute approximate surface area is 199 Å². The fraction of sp³-hybridized carbons (Fsp3) is 0.115. The van der Waals surface area contributed by atoms with Gasteiger partial charge in [-0.3, -0.25) is 19.5 Å². The summed E-state index contributed by atoms with van der Waals surface area (Å²) < 4.78 is 41.0. The lowest BCUT2D eigenvalue weighted by molar-refractivity contribution is -0.137. The number of fused-ring (bicyclic) bond motifs is 1. The van der Waals surface area contributed by atoms with E-state index in [0.29, 0.717) is 22.4 Å². The number of amides is 2. The first-order valence-corrected chi connectivity index (χ1v) is 10.6. The second-order valence-electron chi connectivity index (χ2n) is 7.92. The number of hydrogen-bond donors (Lipinski definition) is 1. The number of likely N-dealkylation sites (N-methyl/N-ethyl adjacent to an activating group) is 1. The van der Waals surface area contributed by atoms with Crippen molar-refractivity contribution < 1.29 is 22.8 Å². The molecule has 2 amide bonds. The van der Waals surface area contributed by atoms with E-state index >= 15 is 0 Å². The number of nitrogens with zero attached hydrogens (tertiary/aromatic N) is 3. The molecular formula is C26H21F3N4O2. The van der Waals surface area contributed by atoms with Crippen molar-refractivity contribution in [1.82, 2.24) is 9.55 Å². The van der Waals surface area contributed by atoms with Crippen LogP contribution in [0.2, 0.25) is 0 Å². The Hall–Kier alpha value is -4.40. The second kappa shape index (κ2) is 9.09. The molecule has 1 aromatic heterocycles. The highest BCUT2D eigenvalue weighted by molar-refractivity contribution is 6.04. The van der Waals surface area contributed by atoms with Crippen molar-refractivity contribution in [1.29, 1.82) is 0 Å². The maximum absolute atomic E-state index is 13.1. The SMILES string of the molecule is C=CC(=O)N(C)c1cccc(-n2c(NC(=O)c3cccc(C(F)(F)F)c3)nc3cc(C)ccc32)c1. The number of nitrogens with one attached hydrogen (secondary N) is 1. The zero-order valence-corrected chi connectivity index (χ0v) is 18.9. The molecule has 0 unspecified atom stereocenters. The van der Waals surface area contributed by atoms with Crippen LogP contribution in [-0.4, -0.2) is 28.4 Å². The van der Waals surface area contributed by atoms with E-state index in [1.54, 1.807) is 35.9 Å². The summed E-state index contributed by atoms with van der Waals surface area (Å²) in [6.07, 6.45) is -3.38. The molecule has 0 aliphatic rings. The molecule has 178 valence electrons. The summed E-state index contributed by atoms with van der Waals surface area (Å²) in [5.74, 6) is -0.909. The summed E-state index contributed by atoms with van der Waals surface area (Å²) >= 11 is 0. The summed E-state index contributed by atoms with van der Waals surface area (Å²) in [6, 6.07) is 16.7. The number of carbonyl (C=O) groups is 2. The molecule has 1 N–H and O–H groups in total. The first-order valence-electron chi connectivity index (χ1n) is 10.6. The molecule has 0 saturated carbocycles. The maximum atomic E-state index is 13.1. The molecule has 4 aromatic rings. The van der Waals surface area contributed by atoms with Crippen LogP contribution >= 0.6 is 0 Å². The molecule has 4 rings (SSSR count). The van der Waals surface area contributed by atoms with Gasteiger partial charge < -0.3 is 4.90 Å². The molecule has 0 bridgehead atoms. The zero-order valence-electron chi connectivity index (χ0n) is 18.9. The van der Waals surface area contributed by atoms with E-state index in [1.165, 1.54) is 23.1 Å². The van der Waals surface area contributed by atoms with Crippen molar-refractivity contribution in [2.75, 3.05) is 17.3 Å². The normalized spacial score (nSPS) is 11.3. The first kappa shape index (κ1) is 23.7. The fourth-order valence-electron chi connectivity index (χ4n) is 3.65. The topological polar surface area (TPSA) is 67.2 Å². The van der Waals surface area contributed by atoms with Crippen LogP contribution in [0.4, 0.5) is 24.8 Å². The Morgan fingerprint density at radius 3 is 2.51 bits per heavy atom. The van der Waals surface area contributed by atoms with Gasteiger partial charge in [0.1, 0.15) is 0 Å². The van der Waals surface area contributed by atoms with Gasteiger partial charge in [0.25, 0.3) is 5.91 Å². The van der Waals surface area contributed by atoms with E-state index in [2.05, 4.69) is 16.9 Å². The fourth-order valence-corrected chi connectivity index (χ4v) is 3.65. The van der Waals surface area contributed by atoms with Crippen molar-refractivity contribution in [2.24, 2.45) is 0 Å². The largest absolute Gasteiger partial charge is 0.416 e. The van der Waals surface area contributed by atoms with E-state index in [9.17, 15) is 22.8 Å². The Morgan fingerprint density at radius 1 is 1.06 bits per heavy atom. The van der Waals surface area contributed by atoms with Crippen molar-refractivity contribution in [2.45, 2.75) is 13.1 Å². The van der Waals surface area contributed by atoms with Gasteiger partial charge in [0.2, 0.25) is 11.9 Å². The summed E-state index contributed by atoms with van der Waals surface area (Å²) in [4.78, 5) is 30.9. The third-order valence-corrected chi connectivity index (χ3v) is 5.47. The lowest BCUT2D eigenvalue weighted by atomic mass is 10.1. The lowest BCUT2D eigenvalue weighted by Crippen LogP contribution is -2.23. The number of imidazole rings is 1. The van der Waals surface area contributed by atoms with Crippen molar-refractivity contribution >= 4 is 34.5 Å². The standard InChI is InChI=1S/C26H21F3N4O2/c1-4-23(34)32(3)19-9-6-10-20(15-19)33-22-12-11-16(2)13-21(22)30-25(33)31-24(35)17-7-5-8-18(14-17)26(27,28)29/h4-15H,1H2,2-3H3,(H,30,31,35). The molecule has 0 fully saturated rings. The number of anilines is 2. The molecule has 0 aliphatic heterocycles. The quantitative estimate of drug-likeness (QED) is 0.371. The minimum Gasteiger partial charge on any atom is -0.312 e. The number of alkyl halides is 3. The van der Waals surface area contributed by atoms with E-state index < -0.39 is 17.6 Å². The predicted octanol–water partition coefficient (Wildman–Crippen LogP) is 5.75. The van der Waals surface area contributed by atoms with E-state index in [0.717, 1.165) is 17.7 Å². The number of hydrogen-bond acceptors (Lipinski definition) is 3. The van der Waals surface area contributed by atoms with Gasteiger partial charge in [0.15, 0.2) is 0 Å². The van der Waals surface area contributed by atoms with Crippen LogP contribution in [0.3, 0.4) is 0 Å². The van der Waals surface area contributed by atoms with E-state index in [4.69, 9.17) is 0 Å². The van der Waals surface area contributed by atoms with Gasteiger partial charge in [0.05, 0.1) is 22.3 Å². The highest BCUT2D eigenvalue weighted by Crippen LogP contribution is 2.31. The molecule has 1 heterocycles. The molecule has 0 aliphatic carbocycles. The molecule has 0 radical (unpaired) electrons. The van der Waals surface area contributed by atoms with Gasteiger partial charge in [-0.25, -0.2) is 4.98 Å². The van der Waals surface area contributed by atoms with Crippen LogP contribution in [0.1, 0.15) is 21.5 Å². The van der Waals surface area contributed by atoms with Gasteiger partial charge in [0, 0.05) is 18.3 Å². The third-order valence-electron chi connectivity index (χ3n) is 5.47. The molecule has 9 heteroatoms. The van der Waals surface area contributed by atoms with Crippen LogP contribution in [0, 0.1) is 6.92 Å². The third kappa shape index (κ3) is 4.79. The molecule has 35 heavy (non-hydrogen) atoms. The molecule has 3 aromatic carbocycles. The van der Waals surface area contributed by atoms with Crippen LogP contribution in [0.25, 0.3) is 16.7 Å². The van der Waals surface area contributed by atoms with Gasteiger partial charge in [-0.2, -0.15) is 13.2 Å². The Morgan fingerprint density at radius 2 is 1.80 bits per heavy atom. The second-order valence-corrected chi connectivity index (χ2v) is 7.92. The molecule has 0 atom stereocenters. The van der Waals surface area contributed by atoms with Crippen LogP contribution in [0.5, 0.6) is 0 Å². The van der Waals surface area contributed by atoms with Gasteiger partial charge >= 0.3 is 6.18 Å². The van der Waals surface area contributed by atoms with Crippen LogP contribution in [0.15, 0.2) is 79.4 Å². The summed E-state index contributed by atoms with van der Waals surface area (Å²) in [5, 5.41) is 2.64. The molecule has 6 nitrogen and oxygen atoms in total. The lowest BCUT2D eigenvalue weighted by Gasteiger charge is -2.17. The Bertz CT molecular complexity index is 1460. The van der Waals surface area contributed by atoms with Gasteiger partial charge in [-0.15, -0.1) is 0 Å². The number of aromatic nitrogens is 2. The van der Waals surface area contributed by atoms with E-state index in [-0.39, 0.29) is 17.4 Å². The maximum Gasteiger partial charge on any atom is 0.416 e. The number of aryl methyl sites for hydroxylation is 1. The monoisotopic (exact) mass is 478 g/mol. The summed E-state index contributed by atoms with van der Waals surface area (Å²) in [6.45, 7) is 5.40. The molecular weight excluding hydrogens is 457 g/mol. The van der Waals surface area contributed by atoms with Crippen molar-refractivity contribution in [3.8, 4) is 5.69 Å².